The van der Waals surface area contributed by atoms with Crippen LogP contribution >= 0.6 is 0 Å². The SMILES string of the molecule is COc1cc(C=CC(=O)N2CCN(C(=O)c3[nH]c(=O)c(CC(C)C)nc3OC)CC2)ccc1O. The molecule has 0 atom stereocenters. The molecule has 1 aromatic heterocycles. The Hall–Kier alpha value is -3.82. The molecule has 1 saturated heterocycles. The highest BCUT2D eigenvalue weighted by Gasteiger charge is 2.27. The zero-order chi connectivity index (χ0) is 24.8. The third-order valence-corrected chi connectivity index (χ3v) is 5.46. The van der Waals surface area contributed by atoms with Crippen LogP contribution in [0.1, 0.15) is 35.6 Å². The number of aromatic hydroxyl groups is 1. The molecule has 10 nitrogen and oxygen atoms in total. The van der Waals surface area contributed by atoms with Gasteiger partial charge in [-0.15, -0.1) is 0 Å². The minimum Gasteiger partial charge on any atom is -0.504 e. The van der Waals surface area contributed by atoms with Crippen molar-refractivity contribution >= 4 is 17.9 Å². The van der Waals surface area contributed by atoms with Gasteiger partial charge in [0.15, 0.2) is 17.2 Å². The number of ether oxygens (including phenoxy) is 2. The van der Waals surface area contributed by atoms with Gasteiger partial charge in [-0.1, -0.05) is 19.9 Å². The van der Waals surface area contributed by atoms with Crippen LogP contribution in [0.5, 0.6) is 17.4 Å². The van der Waals surface area contributed by atoms with Crippen LogP contribution in [0, 0.1) is 5.92 Å². The van der Waals surface area contributed by atoms with Gasteiger partial charge in [0.2, 0.25) is 11.8 Å². The lowest BCUT2D eigenvalue weighted by Crippen LogP contribution is -2.50. The predicted octanol–water partition coefficient (Wildman–Crippen LogP) is 1.69. The molecule has 3 rings (SSSR count). The monoisotopic (exact) mass is 470 g/mol. The second-order valence-corrected chi connectivity index (χ2v) is 8.38. The number of phenolic OH excluding ortho intramolecular Hbond substituents is 1. The van der Waals surface area contributed by atoms with Crippen molar-refractivity contribution in [3.05, 3.63) is 51.6 Å². The van der Waals surface area contributed by atoms with Gasteiger partial charge in [-0.3, -0.25) is 14.4 Å². The predicted molar refractivity (Wildman–Crippen MR) is 126 cm³/mol. The minimum atomic E-state index is -0.400. The molecule has 1 aliphatic rings. The Morgan fingerprint density at radius 1 is 1.15 bits per heavy atom. The standard InChI is InChI=1S/C24H30N4O6/c1-15(2)13-17-22(31)26-21(23(25-17)34-4)24(32)28-11-9-27(10-12-28)20(30)8-6-16-5-7-18(29)19(14-16)33-3/h5-8,14-15,29H,9-13H2,1-4H3,(H,26,31). The number of aromatic amines is 1. The van der Waals surface area contributed by atoms with Gasteiger partial charge in [-0.05, 0) is 36.1 Å². The molecule has 2 heterocycles. The molecule has 1 fully saturated rings. The summed E-state index contributed by atoms with van der Waals surface area (Å²) in [6.45, 7) is 5.27. The maximum Gasteiger partial charge on any atom is 0.276 e. The highest BCUT2D eigenvalue weighted by molar-refractivity contribution is 5.95. The molecule has 1 aromatic carbocycles. The highest BCUT2D eigenvalue weighted by Crippen LogP contribution is 2.26. The fourth-order valence-electron chi connectivity index (χ4n) is 3.64. The number of nitrogens with one attached hydrogen (secondary N) is 1. The summed E-state index contributed by atoms with van der Waals surface area (Å²) >= 11 is 0. The van der Waals surface area contributed by atoms with Crippen LogP contribution in [-0.2, 0) is 11.2 Å². The average Bonchev–Trinajstić information content (AvgIpc) is 2.83. The van der Waals surface area contributed by atoms with Gasteiger partial charge in [-0.2, -0.15) is 0 Å². The van der Waals surface area contributed by atoms with Gasteiger partial charge in [-0.25, -0.2) is 4.98 Å². The van der Waals surface area contributed by atoms with Crippen molar-refractivity contribution in [2.45, 2.75) is 20.3 Å². The first kappa shape index (κ1) is 24.8. The molecule has 0 spiro atoms. The molecule has 1 aliphatic heterocycles. The van der Waals surface area contributed by atoms with E-state index < -0.39 is 11.5 Å². The first-order valence-electron chi connectivity index (χ1n) is 11.0. The summed E-state index contributed by atoms with van der Waals surface area (Å²) in [6, 6.07) is 4.80. The van der Waals surface area contributed by atoms with E-state index in [2.05, 4.69) is 9.97 Å². The lowest BCUT2D eigenvalue weighted by atomic mass is 10.1. The lowest BCUT2D eigenvalue weighted by Gasteiger charge is -2.34. The lowest BCUT2D eigenvalue weighted by molar-refractivity contribution is -0.127. The van der Waals surface area contributed by atoms with Crippen molar-refractivity contribution in [3.8, 4) is 17.4 Å². The Balaban J connectivity index is 1.64. The number of aromatic nitrogens is 2. The third kappa shape index (κ3) is 5.75. The van der Waals surface area contributed by atoms with Gasteiger partial charge in [0, 0.05) is 32.3 Å². The van der Waals surface area contributed by atoms with E-state index in [1.807, 2.05) is 13.8 Å². The molecule has 0 bridgehead atoms. The van der Waals surface area contributed by atoms with Crippen molar-refractivity contribution in [1.82, 2.24) is 19.8 Å². The van der Waals surface area contributed by atoms with Crippen molar-refractivity contribution in [2.24, 2.45) is 5.92 Å². The fourth-order valence-corrected chi connectivity index (χ4v) is 3.64. The van der Waals surface area contributed by atoms with Gasteiger partial charge in [0.05, 0.1) is 14.2 Å². The summed E-state index contributed by atoms with van der Waals surface area (Å²) in [5, 5.41) is 9.68. The molecule has 0 saturated carbocycles. The van der Waals surface area contributed by atoms with Gasteiger partial charge in [0.25, 0.3) is 11.5 Å². The highest BCUT2D eigenvalue weighted by atomic mass is 16.5. The number of amides is 2. The molecule has 34 heavy (non-hydrogen) atoms. The van der Waals surface area contributed by atoms with Crippen molar-refractivity contribution in [1.29, 1.82) is 0 Å². The number of benzene rings is 1. The zero-order valence-corrected chi connectivity index (χ0v) is 19.8. The first-order chi connectivity index (χ1) is 16.2. The minimum absolute atomic E-state index is 0.0148. The number of phenols is 1. The largest absolute Gasteiger partial charge is 0.504 e. The number of nitrogens with zero attached hydrogens (tertiary/aromatic N) is 3. The summed E-state index contributed by atoms with van der Waals surface area (Å²) in [5.74, 6) is 0.0826. The number of hydrogen-bond donors (Lipinski definition) is 2. The van der Waals surface area contributed by atoms with Crippen molar-refractivity contribution in [3.63, 3.8) is 0 Å². The summed E-state index contributed by atoms with van der Waals surface area (Å²) in [5.41, 5.74) is 0.654. The molecule has 2 N–H and O–H groups in total. The Labute approximate surface area is 197 Å². The fraction of sp³-hybridized carbons (Fsp3) is 0.417. The summed E-state index contributed by atoms with van der Waals surface area (Å²) < 4.78 is 10.3. The van der Waals surface area contributed by atoms with E-state index in [-0.39, 0.29) is 29.1 Å². The second-order valence-electron chi connectivity index (χ2n) is 8.38. The molecule has 182 valence electrons. The zero-order valence-electron chi connectivity index (χ0n) is 19.8. The molecule has 0 aliphatic carbocycles. The number of H-pyrrole nitrogens is 1. The van der Waals surface area contributed by atoms with Gasteiger partial charge >= 0.3 is 0 Å². The maximum atomic E-state index is 13.0. The molecule has 0 unspecified atom stereocenters. The number of hydrogen-bond acceptors (Lipinski definition) is 7. The van der Waals surface area contributed by atoms with E-state index in [0.29, 0.717) is 49.6 Å². The molecular formula is C24H30N4O6. The smallest absolute Gasteiger partial charge is 0.276 e. The first-order valence-corrected chi connectivity index (χ1v) is 11.0. The van der Waals surface area contributed by atoms with E-state index >= 15 is 0 Å². The van der Waals surface area contributed by atoms with E-state index in [4.69, 9.17) is 9.47 Å². The Morgan fingerprint density at radius 3 is 2.44 bits per heavy atom. The topological polar surface area (TPSA) is 125 Å². The molecule has 0 radical (unpaired) electrons. The Bertz CT molecular complexity index is 1130. The van der Waals surface area contributed by atoms with Gasteiger partial charge < -0.3 is 29.4 Å². The van der Waals surface area contributed by atoms with Crippen LogP contribution in [0.2, 0.25) is 0 Å². The van der Waals surface area contributed by atoms with E-state index in [9.17, 15) is 19.5 Å². The van der Waals surface area contributed by atoms with Crippen molar-refractivity contribution < 1.29 is 24.2 Å². The van der Waals surface area contributed by atoms with Crippen LogP contribution in [-0.4, -0.2) is 77.1 Å². The molecule has 10 heteroatoms. The van der Waals surface area contributed by atoms with E-state index in [1.165, 1.54) is 26.4 Å². The number of methoxy groups -OCH3 is 2. The summed E-state index contributed by atoms with van der Waals surface area (Å²) in [4.78, 5) is 48.1. The van der Waals surface area contributed by atoms with E-state index in [1.54, 1.807) is 28.0 Å². The van der Waals surface area contributed by atoms with Crippen LogP contribution < -0.4 is 15.0 Å². The maximum absolute atomic E-state index is 13.0. The number of piperazine rings is 1. The second kappa shape index (κ2) is 10.9. The van der Waals surface area contributed by atoms with Crippen molar-refractivity contribution in [2.75, 3.05) is 40.4 Å². The molecular weight excluding hydrogens is 440 g/mol. The van der Waals surface area contributed by atoms with E-state index in [0.717, 1.165) is 0 Å². The van der Waals surface area contributed by atoms with Gasteiger partial charge in [0.1, 0.15) is 5.69 Å². The number of carbonyl (C=O) groups excluding carboxylic acids is 2. The number of carbonyl (C=O) groups is 2. The quantitative estimate of drug-likeness (QED) is 0.590. The Kier molecular flexibility index (Phi) is 7.93. The normalized spacial score (nSPS) is 14.0. The molecule has 2 aromatic rings. The number of rotatable bonds is 7. The van der Waals surface area contributed by atoms with Crippen LogP contribution in [0.15, 0.2) is 29.1 Å². The molecule has 2 amide bonds. The third-order valence-electron chi connectivity index (χ3n) is 5.46. The average molecular weight is 471 g/mol. The van der Waals surface area contributed by atoms with Crippen LogP contribution in [0.4, 0.5) is 0 Å². The Morgan fingerprint density at radius 2 is 1.82 bits per heavy atom. The van der Waals surface area contributed by atoms with Crippen LogP contribution in [0.3, 0.4) is 0 Å². The summed E-state index contributed by atoms with van der Waals surface area (Å²) in [6.07, 6.45) is 3.56. The summed E-state index contributed by atoms with van der Waals surface area (Å²) in [7, 11) is 2.86. The van der Waals surface area contributed by atoms with Crippen LogP contribution in [0.25, 0.3) is 6.08 Å².